The van der Waals surface area contributed by atoms with Gasteiger partial charge in [-0.05, 0) is 20.8 Å². The van der Waals surface area contributed by atoms with E-state index >= 15 is 0 Å². The average molecular weight is 196 g/mol. The minimum atomic E-state index is -0.538. The van der Waals surface area contributed by atoms with Crippen molar-refractivity contribution in [2.75, 3.05) is 5.73 Å². The van der Waals surface area contributed by atoms with Crippen LogP contribution < -0.4 is 11.5 Å². The summed E-state index contributed by atoms with van der Waals surface area (Å²) in [6.07, 6.45) is 0.221. The average Bonchev–Trinajstić information content (AvgIpc) is 2.26. The van der Waals surface area contributed by atoms with Gasteiger partial charge in [0.2, 0.25) is 0 Å². The predicted octanol–water partition coefficient (Wildman–Crippen LogP) is 0.541. The Labute approximate surface area is 83.1 Å². The van der Waals surface area contributed by atoms with E-state index in [1.165, 1.54) is 4.68 Å². The van der Waals surface area contributed by atoms with Crippen LogP contribution in [0.4, 0.5) is 5.82 Å². The van der Waals surface area contributed by atoms with E-state index in [2.05, 4.69) is 5.10 Å². The monoisotopic (exact) mass is 196 g/mol. The molecule has 1 rings (SSSR count). The molecule has 1 aromatic rings. The summed E-state index contributed by atoms with van der Waals surface area (Å²) in [5, 5.41) is 3.98. The molecule has 0 bridgehead atoms. The molecule has 78 valence electrons. The number of carbonyl (C=O) groups excluding carboxylic acids is 1. The van der Waals surface area contributed by atoms with Crippen molar-refractivity contribution < 1.29 is 4.79 Å². The van der Waals surface area contributed by atoms with Crippen LogP contribution in [-0.2, 0) is 0 Å². The Hall–Kier alpha value is -1.36. The number of nitrogens with two attached hydrogens (primary N) is 2. The second-order valence-corrected chi connectivity index (χ2v) is 4.18. The second-order valence-electron chi connectivity index (χ2n) is 4.18. The third-order valence-electron chi connectivity index (χ3n) is 1.70. The number of aromatic nitrogens is 2. The zero-order valence-corrected chi connectivity index (χ0v) is 8.74. The van der Waals surface area contributed by atoms with Crippen molar-refractivity contribution in [3.63, 3.8) is 0 Å². The molecule has 0 aliphatic rings. The maximum absolute atomic E-state index is 11.6. The molecular formula is C9H16N4O. The van der Waals surface area contributed by atoms with E-state index in [9.17, 15) is 4.79 Å². The van der Waals surface area contributed by atoms with Crippen LogP contribution in [0.25, 0.3) is 0 Å². The lowest BCUT2D eigenvalue weighted by Crippen LogP contribution is -2.36. The van der Waals surface area contributed by atoms with Crippen LogP contribution in [0.5, 0.6) is 0 Å². The number of rotatable bonds is 2. The lowest BCUT2D eigenvalue weighted by atomic mass is 10.0. The lowest BCUT2D eigenvalue weighted by Gasteiger charge is -2.16. The Morgan fingerprint density at radius 2 is 2.21 bits per heavy atom. The number of anilines is 1. The van der Waals surface area contributed by atoms with Crippen LogP contribution >= 0.6 is 0 Å². The molecule has 0 unspecified atom stereocenters. The van der Waals surface area contributed by atoms with Crippen LogP contribution in [0.2, 0.25) is 0 Å². The first-order chi connectivity index (χ1) is 6.29. The van der Waals surface area contributed by atoms with Crippen molar-refractivity contribution >= 4 is 11.7 Å². The Balaban J connectivity index is 2.85. The Morgan fingerprint density at radius 3 is 2.57 bits per heavy atom. The van der Waals surface area contributed by atoms with E-state index in [1.54, 1.807) is 26.8 Å². The summed E-state index contributed by atoms with van der Waals surface area (Å²) in [5.74, 6) is 0.180. The van der Waals surface area contributed by atoms with Gasteiger partial charge in [-0.25, -0.2) is 0 Å². The second kappa shape index (κ2) is 3.42. The third-order valence-corrected chi connectivity index (χ3v) is 1.70. The molecule has 0 aliphatic heterocycles. The Morgan fingerprint density at radius 1 is 1.64 bits per heavy atom. The molecular weight excluding hydrogens is 180 g/mol. The Kier molecular flexibility index (Phi) is 2.62. The quantitative estimate of drug-likeness (QED) is 0.722. The third kappa shape index (κ3) is 2.56. The van der Waals surface area contributed by atoms with Gasteiger partial charge in [-0.15, -0.1) is 0 Å². The van der Waals surface area contributed by atoms with Crippen molar-refractivity contribution in [2.24, 2.45) is 5.73 Å². The summed E-state index contributed by atoms with van der Waals surface area (Å²) >= 11 is 0. The van der Waals surface area contributed by atoms with Crippen LogP contribution in [0.15, 0.2) is 6.07 Å². The van der Waals surface area contributed by atoms with Gasteiger partial charge in [-0.3, -0.25) is 4.79 Å². The minimum absolute atomic E-state index is 0.178. The molecule has 0 aromatic carbocycles. The zero-order valence-electron chi connectivity index (χ0n) is 8.74. The molecule has 0 amide bonds. The first-order valence-electron chi connectivity index (χ1n) is 4.44. The molecule has 1 aromatic heterocycles. The molecule has 0 saturated carbocycles. The van der Waals surface area contributed by atoms with Crippen molar-refractivity contribution in [3.05, 3.63) is 11.8 Å². The summed E-state index contributed by atoms with van der Waals surface area (Å²) < 4.78 is 1.20. The number of carbonyl (C=O) groups is 1. The van der Waals surface area contributed by atoms with E-state index in [-0.39, 0.29) is 12.3 Å². The van der Waals surface area contributed by atoms with Gasteiger partial charge in [0.1, 0.15) is 5.82 Å². The standard InChI is InChI=1S/C9H16N4O/c1-6-4-7(10)13(12-6)8(14)5-9(2,3)11/h4H,5,10-11H2,1-3H3. The summed E-state index contributed by atoms with van der Waals surface area (Å²) in [6, 6.07) is 1.65. The largest absolute Gasteiger partial charge is 0.383 e. The number of hydrogen-bond acceptors (Lipinski definition) is 4. The Bertz CT molecular complexity index is 348. The zero-order chi connectivity index (χ0) is 10.9. The number of aryl methyl sites for hydroxylation is 1. The van der Waals surface area contributed by atoms with E-state index in [0.29, 0.717) is 5.82 Å². The fourth-order valence-electron chi connectivity index (χ4n) is 1.18. The van der Waals surface area contributed by atoms with Crippen molar-refractivity contribution in [3.8, 4) is 0 Å². The van der Waals surface area contributed by atoms with Gasteiger partial charge in [0.15, 0.2) is 0 Å². The normalized spacial score (nSPS) is 11.7. The van der Waals surface area contributed by atoms with Crippen molar-refractivity contribution in [1.82, 2.24) is 9.78 Å². The molecule has 0 fully saturated rings. The van der Waals surface area contributed by atoms with Crippen LogP contribution in [0.3, 0.4) is 0 Å². The highest BCUT2D eigenvalue weighted by molar-refractivity contribution is 5.81. The molecule has 0 atom stereocenters. The first-order valence-corrected chi connectivity index (χ1v) is 4.44. The summed E-state index contributed by atoms with van der Waals surface area (Å²) in [5.41, 5.74) is 11.5. The molecule has 4 N–H and O–H groups in total. The molecule has 5 heteroatoms. The molecule has 14 heavy (non-hydrogen) atoms. The van der Waals surface area contributed by atoms with E-state index < -0.39 is 5.54 Å². The van der Waals surface area contributed by atoms with Gasteiger partial charge in [0.25, 0.3) is 5.91 Å². The first kappa shape index (κ1) is 10.7. The highest BCUT2D eigenvalue weighted by Crippen LogP contribution is 2.10. The summed E-state index contributed by atoms with van der Waals surface area (Å²) in [6.45, 7) is 5.36. The highest BCUT2D eigenvalue weighted by Gasteiger charge is 2.19. The summed E-state index contributed by atoms with van der Waals surface area (Å²) in [4.78, 5) is 11.6. The molecule has 1 heterocycles. The van der Waals surface area contributed by atoms with Gasteiger partial charge in [0.05, 0.1) is 5.69 Å². The van der Waals surface area contributed by atoms with Crippen LogP contribution in [0, 0.1) is 6.92 Å². The topological polar surface area (TPSA) is 86.9 Å². The van der Waals surface area contributed by atoms with Crippen LogP contribution in [0.1, 0.15) is 30.8 Å². The van der Waals surface area contributed by atoms with Gasteiger partial charge in [0, 0.05) is 18.0 Å². The van der Waals surface area contributed by atoms with Gasteiger partial charge < -0.3 is 11.5 Å². The maximum atomic E-state index is 11.6. The van der Waals surface area contributed by atoms with E-state index in [4.69, 9.17) is 11.5 Å². The fourth-order valence-corrected chi connectivity index (χ4v) is 1.18. The predicted molar refractivity (Wildman–Crippen MR) is 54.9 cm³/mol. The molecule has 5 nitrogen and oxygen atoms in total. The smallest absolute Gasteiger partial charge is 0.250 e. The van der Waals surface area contributed by atoms with Gasteiger partial charge in [-0.2, -0.15) is 9.78 Å². The summed E-state index contributed by atoms with van der Waals surface area (Å²) in [7, 11) is 0. The molecule has 0 radical (unpaired) electrons. The van der Waals surface area contributed by atoms with E-state index in [1.807, 2.05) is 0 Å². The molecule has 0 aliphatic carbocycles. The lowest BCUT2D eigenvalue weighted by molar-refractivity contribution is 0.0865. The highest BCUT2D eigenvalue weighted by atomic mass is 16.2. The van der Waals surface area contributed by atoms with Crippen molar-refractivity contribution in [1.29, 1.82) is 0 Å². The number of nitrogens with zero attached hydrogens (tertiary/aromatic N) is 2. The molecule has 0 spiro atoms. The number of nitrogen functional groups attached to an aromatic ring is 1. The minimum Gasteiger partial charge on any atom is -0.383 e. The van der Waals surface area contributed by atoms with Gasteiger partial charge in [-0.1, -0.05) is 0 Å². The van der Waals surface area contributed by atoms with Crippen LogP contribution in [-0.4, -0.2) is 21.2 Å². The van der Waals surface area contributed by atoms with E-state index in [0.717, 1.165) is 5.69 Å². The number of hydrogen-bond donors (Lipinski definition) is 2. The van der Waals surface area contributed by atoms with Gasteiger partial charge >= 0.3 is 0 Å². The SMILES string of the molecule is Cc1cc(N)n(C(=O)CC(C)(C)N)n1. The maximum Gasteiger partial charge on any atom is 0.250 e. The molecule has 0 saturated heterocycles. The fraction of sp³-hybridized carbons (Fsp3) is 0.556. The van der Waals surface area contributed by atoms with Crippen molar-refractivity contribution in [2.45, 2.75) is 32.7 Å².